The number of pyridine rings is 1. The van der Waals surface area contributed by atoms with Crippen molar-refractivity contribution in [1.82, 2.24) is 24.8 Å². The van der Waals surface area contributed by atoms with E-state index in [-0.39, 0.29) is 11.5 Å². The second-order valence-corrected chi connectivity index (χ2v) is 8.58. The van der Waals surface area contributed by atoms with Gasteiger partial charge in [0.15, 0.2) is 0 Å². The predicted octanol–water partition coefficient (Wildman–Crippen LogP) is 2.65. The van der Waals surface area contributed by atoms with E-state index in [1.807, 2.05) is 13.0 Å². The molecule has 0 spiro atoms. The summed E-state index contributed by atoms with van der Waals surface area (Å²) in [5.74, 6) is -0.431. The Morgan fingerprint density at radius 3 is 2.47 bits per heavy atom. The third-order valence-corrected chi connectivity index (χ3v) is 6.55. The molecule has 0 unspecified atom stereocenters. The molecule has 176 valence electrons. The van der Waals surface area contributed by atoms with Crippen molar-refractivity contribution in [2.24, 2.45) is 0 Å². The maximum atomic E-state index is 15.2. The van der Waals surface area contributed by atoms with Crippen LogP contribution in [0, 0.1) is 5.82 Å². The summed E-state index contributed by atoms with van der Waals surface area (Å²) in [6, 6.07) is 8.69. The van der Waals surface area contributed by atoms with E-state index < -0.39 is 5.82 Å². The molecule has 0 radical (unpaired) electrons. The van der Waals surface area contributed by atoms with Gasteiger partial charge in [-0.3, -0.25) is 9.69 Å². The van der Waals surface area contributed by atoms with Crippen molar-refractivity contribution >= 4 is 11.7 Å². The maximum Gasteiger partial charge on any atom is 0.256 e. The zero-order valence-electron chi connectivity index (χ0n) is 19.1. The van der Waals surface area contributed by atoms with Gasteiger partial charge in [-0.1, -0.05) is 13.0 Å². The van der Waals surface area contributed by atoms with Crippen molar-refractivity contribution in [3.63, 3.8) is 0 Å². The summed E-state index contributed by atoms with van der Waals surface area (Å²) < 4.78 is 20.5. The Bertz CT molecular complexity index is 1190. The Balaban J connectivity index is 1.41. The third-order valence-electron chi connectivity index (χ3n) is 6.55. The molecule has 3 aromatic rings. The number of carbonyl (C=O) groups excluding carboxylic acids is 1. The van der Waals surface area contributed by atoms with Gasteiger partial charge in [-0.25, -0.2) is 19.3 Å². The minimum absolute atomic E-state index is 0.0737. The van der Waals surface area contributed by atoms with Crippen LogP contribution in [0.2, 0.25) is 0 Å². The molecule has 2 saturated heterocycles. The van der Waals surface area contributed by atoms with Crippen LogP contribution >= 0.6 is 0 Å². The quantitative estimate of drug-likeness (QED) is 0.623. The van der Waals surface area contributed by atoms with Gasteiger partial charge in [0.1, 0.15) is 18.0 Å². The number of anilines is 1. The summed E-state index contributed by atoms with van der Waals surface area (Å²) in [5, 5.41) is 0. The highest BCUT2D eigenvalue weighted by molar-refractivity contribution is 5.95. The number of piperazine rings is 1. The summed E-state index contributed by atoms with van der Waals surface area (Å²) in [6.45, 7) is 6.22. The van der Waals surface area contributed by atoms with Crippen molar-refractivity contribution in [3.8, 4) is 22.4 Å². The first-order valence-corrected chi connectivity index (χ1v) is 11.5. The van der Waals surface area contributed by atoms with Gasteiger partial charge in [-0.05, 0) is 30.7 Å². The van der Waals surface area contributed by atoms with Gasteiger partial charge in [0, 0.05) is 49.1 Å². The second-order valence-electron chi connectivity index (χ2n) is 8.58. The first-order valence-electron chi connectivity index (χ1n) is 11.5. The topological polar surface area (TPSA) is 97.5 Å². The molecule has 4 heterocycles. The van der Waals surface area contributed by atoms with Gasteiger partial charge in [-0.15, -0.1) is 0 Å². The van der Waals surface area contributed by atoms with Crippen LogP contribution in [0.1, 0.15) is 23.0 Å². The van der Waals surface area contributed by atoms with Crippen LogP contribution in [0.3, 0.4) is 0 Å². The molecule has 9 heteroatoms. The molecule has 34 heavy (non-hydrogen) atoms. The minimum Gasteiger partial charge on any atom is -0.384 e. The van der Waals surface area contributed by atoms with Gasteiger partial charge in [0.25, 0.3) is 5.91 Å². The van der Waals surface area contributed by atoms with Crippen LogP contribution in [-0.2, 0) is 11.2 Å². The molecule has 0 bridgehead atoms. The van der Waals surface area contributed by atoms with Gasteiger partial charge >= 0.3 is 0 Å². The lowest BCUT2D eigenvalue weighted by Crippen LogP contribution is -2.57. The van der Waals surface area contributed by atoms with E-state index in [1.165, 1.54) is 12.4 Å². The number of hydrogen-bond donors (Lipinski definition) is 1. The van der Waals surface area contributed by atoms with Crippen molar-refractivity contribution in [2.75, 3.05) is 45.1 Å². The number of aryl methyl sites for hydroxylation is 1. The normalized spacial score (nSPS) is 16.9. The van der Waals surface area contributed by atoms with Crippen molar-refractivity contribution in [2.45, 2.75) is 19.4 Å². The third kappa shape index (κ3) is 4.24. The van der Waals surface area contributed by atoms with Crippen LogP contribution in [0.5, 0.6) is 0 Å². The molecule has 2 aliphatic heterocycles. The van der Waals surface area contributed by atoms with Crippen LogP contribution in [-0.4, -0.2) is 76.1 Å². The van der Waals surface area contributed by atoms with Crippen LogP contribution in [0.25, 0.3) is 22.4 Å². The largest absolute Gasteiger partial charge is 0.384 e. The Labute approximate surface area is 197 Å². The number of carbonyl (C=O) groups is 1. The summed E-state index contributed by atoms with van der Waals surface area (Å²) in [4.78, 5) is 30.1. The number of aromatic nitrogens is 3. The standard InChI is InChI=1S/C25H27FN6O2/c1-2-21-23(17-4-6-22(27)28-12-17)24(30-15-29-21)16-3-5-19(20(26)11-16)25(33)32-9-7-31(8-10-32)18-13-34-14-18/h3-6,11-12,15,18H,2,7-10,13-14H2,1H3,(H2,27,28). The molecule has 1 amide bonds. The zero-order valence-corrected chi connectivity index (χ0v) is 19.1. The summed E-state index contributed by atoms with van der Waals surface area (Å²) in [5.41, 5.74) is 9.40. The number of nitrogens with zero attached hydrogens (tertiary/aromatic N) is 5. The van der Waals surface area contributed by atoms with Crippen molar-refractivity contribution in [3.05, 3.63) is 59.9 Å². The highest BCUT2D eigenvalue weighted by Gasteiger charge is 2.31. The average Bonchev–Trinajstić information content (AvgIpc) is 2.83. The lowest BCUT2D eigenvalue weighted by Gasteiger charge is -2.42. The number of ether oxygens (including phenoxy) is 1. The van der Waals surface area contributed by atoms with Crippen LogP contribution < -0.4 is 5.73 Å². The molecule has 2 aliphatic rings. The molecular weight excluding hydrogens is 435 g/mol. The van der Waals surface area contributed by atoms with E-state index in [9.17, 15) is 4.79 Å². The Morgan fingerprint density at radius 1 is 1.09 bits per heavy atom. The number of rotatable bonds is 5. The van der Waals surface area contributed by atoms with E-state index in [4.69, 9.17) is 10.5 Å². The molecule has 5 rings (SSSR count). The summed E-state index contributed by atoms with van der Waals surface area (Å²) >= 11 is 0. The Hall–Kier alpha value is -3.43. The average molecular weight is 463 g/mol. The molecule has 8 nitrogen and oxygen atoms in total. The van der Waals surface area contributed by atoms with E-state index in [2.05, 4.69) is 19.9 Å². The number of amides is 1. The van der Waals surface area contributed by atoms with Crippen LogP contribution in [0.4, 0.5) is 10.2 Å². The number of hydrogen-bond acceptors (Lipinski definition) is 7. The lowest BCUT2D eigenvalue weighted by atomic mass is 9.96. The highest BCUT2D eigenvalue weighted by Crippen LogP contribution is 2.33. The fraction of sp³-hybridized carbons (Fsp3) is 0.360. The maximum absolute atomic E-state index is 15.2. The number of benzene rings is 1. The highest BCUT2D eigenvalue weighted by atomic mass is 19.1. The lowest BCUT2D eigenvalue weighted by molar-refractivity contribution is -0.0746. The number of nitrogens with two attached hydrogens (primary N) is 1. The Morgan fingerprint density at radius 2 is 1.85 bits per heavy atom. The van der Waals surface area contributed by atoms with Gasteiger partial charge < -0.3 is 15.4 Å². The van der Waals surface area contributed by atoms with Gasteiger partial charge in [0.05, 0.1) is 36.2 Å². The fourth-order valence-corrected chi connectivity index (χ4v) is 4.50. The molecule has 2 N–H and O–H groups in total. The van der Waals surface area contributed by atoms with Gasteiger partial charge in [-0.2, -0.15) is 0 Å². The smallest absolute Gasteiger partial charge is 0.256 e. The minimum atomic E-state index is -0.560. The fourth-order valence-electron chi connectivity index (χ4n) is 4.50. The monoisotopic (exact) mass is 462 g/mol. The van der Waals surface area contributed by atoms with Crippen LogP contribution in [0.15, 0.2) is 42.9 Å². The molecule has 2 aromatic heterocycles. The van der Waals surface area contributed by atoms with E-state index in [0.717, 1.165) is 43.1 Å². The molecule has 1 aromatic carbocycles. The summed E-state index contributed by atoms with van der Waals surface area (Å²) in [6.07, 6.45) is 3.82. The molecule has 0 saturated carbocycles. The zero-order chi connectivity index (χ0) is 23.7. The second kappa shape index (κ2) is 9.44. The van der Waals surface area contributed by atoms with E-state index in [0.29, 0.717) is 42.6 Å². The first kappa shape index (κ1) is 22.4. The van der Waals surface area contributed by atoms with Crippen molar-refractivity contribution < 1.29 is 13.9 Å². The van der Waals surface area contributed by atoms with Crippen molar-refractivity contribution in [1.29, 1.82) is 0 Å². The summed E-state index contributed by atoms with van der Waals surface area (Å²) in [7, 11) is 0. The predicted molar refractivity (Wildman–Crippen MR) is 127 cm³/mol. The SMILES string of the molecule is CCc1ncnc(-c2ccc(C(=O)N3CCN(C4COC4)CC3)c(F)c2)c1-c1ccc(N)nc1. The number of halogens is 1. The molecule has 0 aliphatic carbocycles. The molecule has 0 atom stereocenters. The molecule has 2 fully saturated rings. The van der Waals surface area contributed by atoms with E-state index in [1.54, 1.807) is 29.3 Å². The van der Waals surface area contributed by atoms with Gasteiger partial charge in [0.2, 0.25) is 0 Å². The number of nitrogen functional groups attached to an aromatic ring is 1. The van der Waals surface area contributed by atoms with E-state index >= 15 is 4.39 Å². The molecular formula is C25H27FN6O2. The Kier molecular flexibility index (Phi) is 6.21. The first-order chi connectivity index (χ1) is 16.5.